The highest BCUT2D eigenvalue weighted by molar-refractivity contribution is 7.12. The number of primary amides is 1. The molecule has 3 heterocycles. The molecular formula is C17H22N4OS. The van der Waals surface area contributed by atoms with Gasteiger partial charge in [-0.3, -0.25) is 4.79 Å². The fourth-order valence-corrected chi connectivity index (χ4v) is 3.80. The van der Waals surface area contributed by atoms with Gasteiger partial charge in [-0.2, -0.15) is 0 Å². The quantitative estimate of drug-likeness (QED) is 0.935. The molecule has 0 bridgehead atoms. The summed E-state index contributed by atoms with van der Waals surface area (Å²) in [5, 5.41) is 1.88. The molecule has 0 aromatic carbocycles. The Bertz CT molecular complexity index is 691. The number of rotatable bonds is 4. The molecular weight excluding hydrogens is 308 g/mol. The van der Waals surface area contributed by atoms with Crippen molar-refractivity contribution >= 4 is 23.1 Å². The molecule has 23 heavy (non-hydrogen) atoms. The van der Waals surface area contributed by atoms with Crippen LogP contribution in [-0.2, 0) is 0 Å². The van der Waals surface area contributed by atoms with E-state index < -0.39 is 5.91 Å². The van der Waals surface area contributed by atoms with Gasteiger partial charge in [-0.1, -0.05) is 6.07 Å². The molecule has 2 N–H and O–H groups in total. The van der Waals surface area contributed by atoms with E-state index in [2.05, 4.69) is 23.9 Å². The molecule has 122 valence electrons. The third kappa shape index (κ3) is 3.38. The van der Waals surface area contributed by atoms with Gasteiger partial charge in [0.1, 0.15) is 10.7 Å². The normalized spacial score (nSPS) is 16.4. The van der Waals surface area contributed by atoms with Crippen molar-refractivity contribution in [2.75, 3.05) is 32.1 Å². The van der Waals surface area contributed by atoms with E-state index in [0.717, 1.165) is 43.0 Å². The number of carbonyl (C=O) groups excluding carboxylic acids is 1. The second-order valence-electron chi connectivity index (χ2n) is 6.05. The summed E-state index contributed by atoms with van der Waals surface area (Å²) in [5.41, 5.74) is 7.08. The molecule has 3 rings (SSSR count). The molecule has 0 aliphatic carbocycles. The number of anilines is 1. The van der Waals surface area contributed by atoms with E-state index in [0.29, 0.717) is 10.9 Å². The van der Waals surface area contributed by atoms with Gasteiger partial charge in [-0.25, -0.2) is 4.98 Å². The maximum absolute atomic E-state index is 11.5. The van der Waals surface area contributed by atoms with Crippen LogP contribution < -0.4 is 10.6 Å². The van der Waals surface area contributed by atoms with E-state index in [4.69, 9.17) is 10.7 Å². The number of carbonyl (C=O) groups is 1. The van der Waals surface area contributed by atoms with E-state index in [9.17, 15) is 4.79 Å². The van der Waals surface area contributed by atoms with Crippen LogP contribution >= 0.6 is 11.3 Å². The highest BCUT2D eigenvalue weighted by Gasteiger charge is 2.22. The molecule has 1 amide bonds. The lowest BCUT2D eigenvalue weighted by Crippen LogP contribution is -2.42. The maximum Gasteiger partial charge on any atom is 0.259 e. The van der Waals surface area contributed by atoms with Gasteiger partial charge in [0.25, 0.3) is 5.91 Å². The first-order valence-electron chi connectivity index (χ1n) is 7.82. The monoisotopic (exact) mass is 330 g/mol. The predicted octanol–water partition coefficient (Wildman–Crippen LogP) is 2.44. The Morgan fingerprint density at radius 2 is 2.09 bits per heavy atom. The van der Waals surface area contributed by atoms with Crippen molar-refractivity contribution in [3.8, 4) is 11.3 Å². The number of pyridine rings is 1. The molecule has 6 heteroatoms. The minimum absolute atomic E-state index is 0.397. The standard InChI is InChI=1S/C17H22N4OS/c1-20-9-6-12(7-10-20)21(2)15-5-3-4-14(19-15)13-8-11-23-16(13)17(18)22/h3-5,8,11-12H,6-7,9-10H2,1-2H3,(H2,18,22). The summed E-state index contributed by atoms with van der Waals surface area (Å²) >= 11 is 1.36. The number of piperidine rings is 1. The summed E-state index contributed by atoms with van der Waals surface area (Å²) < 4.78 is 0. The molecule has 0 atom stereocenters. The van der Waals surface area contributed by atoms with Gasteiger partial charge in [-0.05, 0) is 56.6 Å². The zero-order valence-electron chi connectivity index (χ0n) is 13.5. The minimum atomic E-state index is -0.397. The molecule has 0 radical (unpaired) electrons. The lowest BCUT2D eigenvalue weighted by Gasteiger charge is -2.35. The van der Waals surface area contributed by atoms with Crippen LogP contribution in [0.4, 0.5) is 5.82 Å². The number of amides is 1. The van der Waals surface area contributed by atoms with Crippen molar-refractivity contribution in [3.05, 3.63) is 34.5 Å². The van der Waals surface area contributed by atoms with E-state index in [-0.39, 0.29) is 0 Å². The summed E-state index contributed by atoms with van der Waals surface area (Å²) in [7, 11) is 4.27. The van der Waals surface area contributed by atoms with Gasteiger partial charge in [-0.15, -0.1) is 11.3 Å². The third-order valence-electron chi connectivity index (χ3n) is 4.50. The van der Waals surface area contributed by atoms with Gasteiger partial charge in [0.05, 0.1) is 5.69 Å². The van der Waals surface area contributed by atoms with Gasteiger partial charge >= 0.3 is 0 Å². The van der Waals surface area contributed by atoms with Crippen LogP contribution in [0, 0.1) is 0 Å². The van der Waals surface area contributed by atoms with Crippen LogP contribution in [0.15, 0.2) is 29.6 Å². The van der Waals surface area contributed by atoms with E-state index in [1.54, 1.807) is 0 Å². The van der Waals surface area contributed by atoms with Crippen LogP contribution in [0.1, 0.15) is 22.5 Å². The summed E-state index contributed by atoms with van der Waals surface area (Å²) in [6, 6.07) is 8.36. The number of likely N-dealkylation sites (tertiary alicyclic amines) is 1. The minimum Gasteiger partial charge on any atom is -0.365 e. The Morgan fingerprint density at radius 3 is 2.78 bits per heavy atom. The first kappa shape index (κ1) is 16.0. The van der Waals surface area contributed by atoms with Crippen LogP contribution in [0.25, 0.3) is 11.3 Å². The molecule has 1 aliphatic rings. The molecule has 0 unspecified atom stereocenters. The highest BCUT2D eigenvalue weighted by Crippen LogP contribution is 2.29. The summed E-state index contributed by atoms with van der Waals surface area (Å²) in [6.07, 6.45) is 2.29. The van der Waals surface area contributed by atoms with Crippen LogP contribution in [0.3, 0.4) is 0 Å². The van der Waals surface area contributed by atoms with Crippen molar-refractivity contribution in [1.29, 1.82) is 0 Å². The van der Waals surface area contributed by atoms with Gasteiger partial charge in [0.15, 0.2) is 0 Å². The number of aromatic nitrogens is 1. The summed E-state index contributed by atoms with van der Waals surface area (Å²) in [5.74, 6) is 0.546. The first-order chi connectivity index (χ1) is 11.1. The van der Waals surface area contributed by atoms with Gasteiger partial charge < -0.3 is 15.5 Å². The van der Waals surface area contributed by atoms with Crippen molar-refractivity contribution in [2.24, 2.45) is 5.73 Å². The van der Waals surface area contributed by atoms with E-state index >= 15 is 0 Å². The number of thiophene rings is 1. The topological polar surface area (TPSA) is 62.5 Å². The fourth-order valence-electron chi connectivity index (χ4n) is 3.04. The van der Waals surface area contributed by atoms with Crippen molar-refractivity contribution in [3.63, 3.8) is 0 Å². The number of hydrogen-bond acceptors (Lipinski definition) is 5. The SMILES string of the molecule is CN1CCC(N(C)c2cccc(-c3ccsc3C(N)=O)n2)CC1. The second-order valence-corrected chi connectivity index (χ2v) is 6.97. The summed E-state index contributed by atoms with van der Waals surface area (Å²) in [6.45, 7) is 2.23. The Labute approximate surface area is 140 Å². The lowest BCUT2D eigenvalue weighted by molar-refractivity contribution is 0.100. The second kappa shape index (κ2) is 6.68. The fraction of sp³-hybridized carbons (Fsp3) is 0.412. The number of hydrogen-bond donors (Lipinski definition) is 1. The lowest BCUT2D eigenvalue weighted by atomic mass is 10.0. The molecule has 1 aliphatic heterocycles. The summed E-state index contributed by atoms with van der Waals surface area (Å²) in [4.78, 5) is 21.5. The average molecular weight is 330 g/mol. The Kier molecular flexibility index (Phi) is 4.63. The molecule has 0 saturated carbocycles. The molecule has 5 nitrogen and oxygen atoms in total. The maximum atomic E-state index is 11.5. The number of nitrogens with two attached hydrogens (primary N) is 1. The van der Waals surface area contributed by atoms with E-state index in [1.807, 2.05) is 29.6 Å². The third-order valence-corrected chi connectivity index (χ3v) is 5.43. The van der Waals surface area contributed by atoms with Gasteiger partial charge in [0.2, 0.25) is 0 Å². The Morgan fingerprint density at radius 1 is 1.35 bits per heavy atom. The first-order valence-corrected chi connectivity index (χ1v) is 8.70. The van der Waals surface area contributed by atoms with Gasteiger partial charge in [0, 0.05) is 18.7 Å². The van der Waals surface area contributed by atoms with Crippen LogP contribution in [0.5, 0.6) is 0 Å². The van der Waals surface area contributed by atoms with Crippen LogP contribution in [-0.4, -0.2) is 49.0 Å². The molecule has 2 aromatic heterocycles. The van der Waals surface area contributed by atoms with Crippen molar-refractivity contribution in [1.82, 2.24) is 9.88 Å². The largest absolute Gasteiger partial charge is 0.365 e. The van der Waals surface area contributed by atoms with Crippen molar-refractivity contribution in [2.45, 2.75) is 18.9 Å². The zero-order chi connectivity index (χ0) is 16.4. The number of nitrogens with zero attached hydrogens (tertiary/aromatic N) is 3. The Hall–Kier alpha value is -1.92. The molecule has 1 fully saturated rings. The Balaban J connectivity index is 1.85. The average Bonchev–Trinajstić information content (AvgIpc) is 3.05. The predicted molar refractivity (Wildman–Crippen MR) is 95.0 cm³/mol. The van der Waals surface area contributed by atoms with Crippen LogP contribution in [0.2, 0.25) is 0 Å². The smallest absolute Gasteiger partial charge is 0.259 e. The molecule has 0 spiro atoms. The van der Waals surface area contributed by atoms with Crippen molar-refractivity contribution < 1.29 is 4.79 Å². The molecule has 2 aromatic rings. The zero-order valence-corrected chi connectivity index (χ0v) is 14.3. The molecule has 1 saturated heterocycles. The van der Waals surface area contributed by atoms with E-state index in [1.165, 1.54) is 11.3 Å². The highest BCUT2D eigenvalue weighted by atomic mass is 32.1.